The maximum atomic E-state index is 12.1. The number of benzene rings is 1. The van der Waals surface area contributed by atoms with Crippen LogP contribution in [0, 0.1) is 5.92 Å². The van der Waals surface area contributed by atoms with Gasteiger partial charge in [0.2, 0.25) is 0 Å². The van der Waals surface area contributed by atoms with E-state index in [-0.39, 0.29) is 11.7 Å². The van der Waals surface area contributed by atoms with E-state index in [1.54, 1.807) is 12.1 Å². The van der Waals surface area contributed by atoms with Gasteiger partial charge in [-0.1, -0.05) is 0 Å². The van der Waals surface area contributed by atoms with E-state index in [1.807, 2.05) is 0 Å². The second-order valence-electron chi connectivity index (χ2n) is 5.84. The molecule has 0 bridgehead atoms. The highest BCUT2D eigenvalue weighted by Crippen LogP contribution is 2.26. The number of aromatic hydroxyl groups is 1. The fourth-order valence-corrected chi connectivity index (χ4v) is 2.67. The highest BCUT2D eigenvalue weighted by atomic mass is 16.5. The lowest BCUT2D eigenvalue weighted by molar-refractivity contribution is 0.0946. The molecular weight excluding hydrogens is 268 g/mol. The van der Waals surface area contributed by atoms with E-state index >= 15 is 0 Å². The largest absolute Gasteiger partial charge is 0.504 e. The average Bonchev–Trinajstić information content (AvgIpc) is 2.93. The summed E-state index contributed by atoms with van der Waals surface area (Å²) in [6.07, 6.45) is 1.12. The van der Waals surface area contributed by atoms with Crippen molar-refractivity contribution < 1.29 is 14.6 Å². The number of carbonyl (C=O) groups is 1. The Morgan fingerprint density at radius 3 is 2.86 bits per heavy atom. The molecule has 1 aliphatic heterocycles. The Bertz CT molecular complexity index is 502. The van der Waals surface area contributed by atoms with E-state index in [9.17, 15) is 9.90 Å². The Hall–Kier alpha value is -1.75. The third kappa shape index (κ3) is 3.88. The summed E-state index contributed by atoms with van der Waals surface area (Å²) in [5.74, 6) is 0.700. The van der Waals surface area contributed by atoms with Crippen LogP contribution in [-0.2, 0) is 0 Å². The molecule has 1 saturated heterocycles. The van der Waals surface area contributed by atoms with Gasteiger partial charge in [0.05, 0.1) is 7.11 Å². The lowest BCUT2D eigenvalue weighted by Crippen LogP contribution is -2.32. The zero-order chi connectivity index (χ0) is 15.4. The van der Waals surface area contributed by atoms with Crippen LogP contribution in [-0.4, -0.2) is 48.7 Å². The number of nitrogens with zero attached hydrogens (tertiary/aromatic N) is 1. The molecule has 21 heavy (non-hydrogen) atoms. The standard InChI is InChI=1S/C16H24N2O3/c1-11(2)18-7-6-12(10-18)9-17-16(20)13-4-5-15(21-3)14(19)8-13/h4-5,8,11-12,19H,6-7,9-10H2,1-3H3,(H,17,20). The molecule has 2 rings (SSSR count). The van der Waals surface area contributed by atoms with Crippen LogP contribution in [0.25, 0.3) is 0 Å². The van der Waals surface area contributed by atoms with Crippen molar-refractivity contribution in [1.29, 1.82) is 0 Å². The normalized spacial score (nSPS) is 19.0. The molecule has 1 aliphatic rings. The lowest BCUT2D eigenvalue weighted by Gasteiger charge is -2.20. The van der Waals surface area contributed by atoms with E-state index in [2.05, 4.69) is 24.1 Å². The van der Waals surface area contributed by atoms with Crippen molar-refractivity contribution in [3.63, 3.8) is 0 Å². The predicted molar refractivity (Wildman–Crippen MR) is 81.8 cm³/mol. The zero-order valence-corrected chi connectivity index (χ0v) is 12.9. The van der Waals surface area contributed by atoms with Crippen LogP contribution in [0.4, 0.5) is 0 Å². The van der Waals surface area contributed by atoms with Crippen LogP contribution in [0.1, 0.15) is 30.6 Å². The number of rotatable bonds is 5. The van der Waals surface area contributed by atoms with Gasteiger partial charge >= 0.3 is 0 Å². The Kier molecular flexibility index (Phi) is 5.07. The third-order valence-corrected chi connectivity index (χ3v) is 4.04. The predicted octanol–water partition coefficient (Wildman–Crippen LogP) is 1.86. The van der Waals surface area contributed by atoms with E-state index in [0.29, 0.717) is 29.8 Å². The molecule has 5 heteroatoms. The molecule has 0 saturated carbocycles. The lowest BCUT2D eigenvalue weighted by atomic mass is 10.1. The van der Waals surface area contributed by atoms with Gasteiger partial charge < -0.3 is 20.1 Å². The molecule has 0 radical (unpaired) electrons. The molecular formula is C16H24N2O3. The molecule has 0 spiro atoms. The van der Waals surface area contributed by atoms with Crippen molar-refractivity contribution in [1.82, 2.24) is 10.2 Å². The maximum Gasteiger partial charge on any atom is 0.251 e. The molecule has 5 nitrogen and oxygen atoms in total. The summed E-state index contributed by atoms with van der Waals surface area (Å²) in [7, 11) is 1.48. The average molecular weight is 292 g/mol. The number of phenols is 1. The fourth-order valence-electron chi connectivity index (χ4n) is 2.67. The number of hydrogen-bond donors (Lipinski definition) is 2. The molecule has 1 aromatic carbocycles. The number of nitrogens with one attached hydrogen (secondary N) is 1. The van der Waals surface area contributed by atoms with E-state index in [1.165, 1.54) is 13.2 Å². The van der Waals surface area contributed by atoms with Crippen LogP contribution in [0.5, 0.6) is 11.5 Å². The van der Waals surface area contributed by atoms with E-state index < -0.39 is 0 Å². The minimum atomic E-state index is -0.157. The number of likely N-dealkylation sites (tertiary alicyclic amines) is 1. The van der Waals surface area contributed by atoms with Gasteiger partial charge in [0.15, 0.2) is 11.5 Å². The van der Waals surface area contributed by atoms with Crippen LogP contribution >= 0.6 is 0 Å². The van der Waals surface area contributed by atoms with Gasteiger partial charge in [-0.2, -0.15) is 0 Å². The van der Waals surface area contributed by atoms with Crippen molar-refractivity contribution in [3.8, 4) is 11.5 Å². The summed E-state index contributed by atoms with van der Waals surface area (Å²) in [5, 5.41) is 12.7. The summed E-state index contributed by atoms with van der Waals surface area (Å²) in [6.45, 7) is 7.20. The van der Waals surface area contributed by atoms with Gasteiger partial charge in [0, 0.05) is 24.7 Å². The van der Waals surface area contributed by atoms with Crippen molar-refractivity contribution in [3.05, 3.63) is 23.8 Å². The van der Waals surface area contributed by atoms with Crippen molar-refractivity contribution in [2.24, 2.45) is 5.92 Å². The van der Waals surface area contributed by atoms with Gasteiger partial charge in [-0.05, 0) is 50.9 Å². The molecule has 1 aromatic rings. The molecule has 1 atom stereocenters. The first-order valence-electron chi connectivity index (χ1n) is 7.40. The number of methoxy groups -OCH3 is 1. The SMILES string of the molecule is COc1ccc(C(=O)NCC2CCN(C(C)C)C2)cc1O. The van der Waals surface area contributed by atoms with Crippen molar-refractivity contribution in [2.75, 3.05) is 26.7 Å². The molecule has 1 heterocycles. The Morgan fingerprint density at radius 2 is 2.29 bits per heavy atom. The Morgan fingerprint density at radius 1 is 1.52 bits per heavy atom. The summed E-state index contributed by atoms with van der Waals surface area (Å²) in [5.41, 5.74) is 0.451. The number of ether oxygens (including phenoxy) is 1. The monoisotopic (exact) mass is 292 g/mol. The van der Waals surface area contributed by atoms with Crippen LogP contribution in [0.15, 0.2) is 18.2 Å². The number of hydrogen-bond acceptors (Lipinski definition) is 4. The molecule has 0 aromatic heterocycles. The highest BCUT2D eigenvalue weighted by molar-refractivity contribution is 5.94. The van der Waals surface area contributed by atoms with Crippen LogP contribution < -0.4 is 10.1 Å². The van der Waals surface area contributed by atoms with Gasteiger partial charge in [0.1, 0.15) is 0 Å². The highest BCUT2D eigenvalue weighted by Gasteiger charge is 2.24. The summed E-state index contributed by atoms with van der Waals surface area (Å²) < 4.78 is 4.97. The minimum Gasteiger partial charge on any atom is -0.504 e. The summed E-state index contributed by atoms with van der Waals surface area (Å²) in [6, 6.07) is 5.25. The third-order valence-electron chi connectivity index (χ3n) is 4.04. The van der Waals surface area contributed by atoms with Gasteiger partial charge in [-0.3, -0.25) is 4.79 Å². The summed E-state index contributed by atoms with van der Waals surface area (Å²) in [4.78, 5) is 14.5. The molecule has 1 unspecified atom stereocenters. The number of carbonyl (C=O) groups excluding carboxylic acids is 1. The fraction of sp³-hybridized carbons (Fsp3) is 0.562. The minimum absolute atomic E-state index is 0.0167. The van der Waals surface area contributed by atoms with Gasteiger partial charge in [-0.25, -0.2) is 0 Å². The molecule has 0 aliphatic carbocycles. The Balaban J connectivity index is 1.86. The molecule has 2 N–H and O–H groups in total. The van der Waals surface area contributed by atoms with Crippen LogP contribution in [0.3, 0.4) is 0 Å². The second-order valence-corrected chi connectivity index (χ2v) is 5.84. The van der Waals surface area contributed by atoms with E-state index in [4.69, 9.17) is 4.74 Å². The van der Waals surface area contributed by atoms with Gasteiger partial charge in [-0.15, -0.1) is 0 Å². The van der Waals surface area contributed by atoms with E-state index in [0.717, 1.165) is 19.5 Å². The maximum absolute atomic E-state index is 12.1. The first kappa shape index (κ1) is 15.6. The number of phenolic OH excluding ortho intramolecular Hbond substituents is 1. The first-order chi connectivity index (χ1) is 10.0. The van der Waals surface area contributed by atoms with Crippen molar-refractivity contribution >= 4 is 5.91 Å². The van der Waals surface area contributed by atoms with Crippen molar-refractivity contribution in [2.45, 2.75) is 26.3 Å². The zero-order valence-electron chi connectivity index (χ0n) is 12.9. The Labute approximate surface area is 125 Å². The van der Waals surface area contributed by atoms with Crippen LogP contribution in [0.2, 0.25) is 0 Å². The van der Waals surface area contributed by atoms with Gasteiger partial charge in [0.25, 0.3) is 5.91 Å². The first-order valence-corrected chi connectivity index (χ1v) is 7.40. The number of amides is 1. The second kappa shape index (κ2) is 6.80. The molecule has 1 fully saturated rings. The quantitative estimate of drug-likeness (QED) is 0.869. The topological polar surface area (TPSA) is 61.8 Å². The molecule has 116 valence electrons. The molecule has 1 amide bonds. The smallest absolute Gasteiger partial charge is 0.251 e. The summed E-state index contributed by atoms with van der Waals surface area (Å²) >= 11 is 0.